The summed E-state index contributed by atoms with van der Waals surface area (Å²) in [6.07, 6.45) is 3.81. The second-order valence-electron chi connectivity index (χ2n) is 5.26. The van der Waals surface area contributed by atoms with E-state index >= 15 is 0 Å². The molecule has 5 heteroatoms. The lowest BCUT2D eigenvalue weighted by molar-refractivity contribution is -0.131. The van der Waals surface area contributed by atoms with E-state index in [0.717, 1.165) is 25.9 Å². The Bertz CT molecular complexity index is 533. The fraction of sp³-hybridized carbons (Fsp3) is 0.500. The Kier molecular flexibility index (Phi) is 5.70. The smallest absolute Gasteiger partial charge is 0.223 e. The minimum Gasteiger partial charge on any atom is -0.343 e. The number of amides is 1. The van der Waals surface area contributed by atoms with E-state index in [-0.39, 0.29) is 11.5 Å². The van der Waals surface area contributed by atoms with Gasteiger partial charge in [0.2, 0.25) is 5.91 Å². The fourth-order valence-electron chi connectivity index (χ4n) is 2.52. The Morgan fingerprint density at radius 3 is 2.81 bits per heavy atom. The first-order chi connectivity index (χ1) is 10.2. The van der Waals surface area contributed by atoms with Gasteiger partial charge in [0.15, 0.2) is 0 Å². The third kappa shape index (κ3) is 4.27. The van der Waals surface area contributed by atoms with E-state index in [4.69, 9.17) is 5.26 Å². The third-order valence-electron chi connectivity index (χ3n) is 3.74. The lowest BCUT2D eigenvalue weighted by Gasteiger charge is -2.26. The number of hydrogen-bond donors (Lipinski definition) is 1. The summed E-state index contributed by atoms with van der Waals surface area (Å²) >= 11 is 0. The van der Waals surface area contributed by atoms with Crippen molar-refractivity contribution in [3.63, 3.8) is 0 Å². The summed E-state index contributed by atoms with van der Waals surface area (Å²) in [5.74, 6) is -0.316. The maximum absolute atomic E-state index is 13.8. The van der Waals surface area contributed by atoms with Crippen LogP contribution >= 0.6 is 0 Å². The summed E-state index contributed by atoms with van der Waals surface area (Å²) in [5.41, 5.74) is 0.512. The SMILES string of the molecule is N#Cc1cccc(CNCCC(=O)N2CCCCC2)c1F. The molecule has 1 aliphatic rings. The number of hydrogen-bond acceptors (Lipinski definition) is 3. The summed E-state index contributed by atoms with van der Waals surface area (Å²) in [7, 11) is 0. The molecule has 0 bridgehead atoms. The first-order valence-electron chi connectivity index (χ1n) is 7.38. The fourth-order valence-corrected chi connectivity index (χ4v) is 2.52. The van der Waals surface area contributed by atoms with E-state index in [2.05, 4.69) is 5.32 Å². The van der Waals surface area contributed by atoms with Gasteiger partial charge in [-0.3, -0.25) is 4.79 Å². The molecule has 0 radical (unpaired) electrons. The van der Waals surface area contributed by atoms with Crippen LogP contribution in [0.2, 0.25) is 0 Å². The van der Waals surface area contributed by atoms with Gasteiger partial charge in [0.05, 0.1) is 5.56 Å². The van der Waals surface area contributed by atoms with E-state index < -0.39 is 5.82 Å². The maximum atomic E-state index is 13.8. The lowest BCUT2D eigenvalue weighted by atomic mass is 10.1. The Morgan fingerprint density at radius 2 is 2.10 bits per heavy atom. The largest absolute Gasteiger partial charge is 0.343 e. The summed E-state index contributed by atoms with van der Waals surface area (Å²) in [5, 5.41) is 11.8. The standard InChI is InChI=1S/C16H20FN3O/c17-16-13(11-18)5-4-6-14(16)12-19-8-7-15(21)20-9-2-1-3-10-20/h4-6,19H,1-3,7-10,12H2. The van der Waals surface area contributed by atoms with E-state index in [9.17, 15) is 9.18 Å². The first kappa shape index (κ1) is 15.5. The molecule has 0 spiro atoms. The van der Waals surface area contributed by atoms with Gasteiger partial charge in [-0.25, -0.2) is 4.39 Å². The molecule has 1 aromatic carbocycles. The van der Waals surface area contributed by atoms with E-state index in [1.807, 2.05) is 11.0 Å². The molecule has 1 aromatic rings. The van der Waals surface area contributed by atoms with Gasteiger partial charge in [0.25, 0.3) is 0 Å². The molecule has 1 heterocycles. The second kappa shape index (κ2) is 7.75. The zero-order valence-corrected chi connectivity index (χ0v) is 12.1. The van der Waals surface area contributed by atoms with Gasteiger partial charge in [-0.1, -0.05) is 12.1 Å². The molecule has 1 saturated heterocycles. The molecule has 0 aromatic heterocycles. The highest BCUT2D eigenvalue weighted by Crippen LogP contribution is 2.12. The van der Waals surface area contributed by atoms with Crippen LogP contribution < -0.4 is 5.32 Å². The number of nitriles is 1. The number of rotatable bonds is 5. The van der Waals surface area contributed by atoms with E-state index in [0.29, 0.717) is 25.1 Å². The lowest BCUT2D eigenvalue weighted by Crippen LogP contribution is -2.37. The van der Waals surface area contributed by atoms with Crippen molar-refractivity contribution in [3.05, 3.63) is 35.1 Å². The number of carbonyl (C=O) groups excluding carboxylic acids is 1. The average molecular weight is 289 g/mol. The molecule has 0 saturated carbocycles. The molecule has 112 valence electrons. The van der Waals surface area contributed by atoms with E-state index in [1.165, 1.54) is 12.5 Å². The highest BCUT2D eigenvalue weighted by Gasteiger charge is 2.15. The van der Waals surface area contributed by atoms with Crippen molar-refractivity contribution in [1.29, 1.82) is 5.26 Å². The van der Waals surface area contributed by atoms with Gasteiger partial charge in [0.1, 0.15) is 11.9 Å². The molecule has 0 unspecified atom stereocenters. The Balaban J connectivity index is 1.75. The molecule has 1 N–H and O–H groups in total. The molecule has 4 nitrogen and oxygen atoms in total. The monoisotopic (exact) mass is 289 g/mol. The number of likely N-dealkylation sites (tertiary alicyclic amines) is 1. The van der Waals surface area contributed by atoms with Crippen LogP contribution in [0.5, 0.6) is 0 Å². The topological polar surface area (TPSA) is 56.1 Å². The molecular formula is C16H20FN3O. The van der Waals surface area contributed by atoms with E-state index in [1.54, 1.807) is 12.1 Å². The first-order valence-corrected chi connectivity index (χ1v) is 7.38. The summed E-state index contributed by atoms with van der Waals surface area (Å²) < 4.78 is 13.8. The highest BCUT2D eigenvalue weighted by molar-refractivity contribution is 5.76. The zero-order valence-electron chi connectivity index (χ0n) is 12.1. The molecule has 21 heavy (non-hydrogen) atoms. The van der Waals surface area contributed by atoms with Gasteiger partial charge < -0.3 is 10.2 Å². The quantitative estimate of drug-likeness (QED) is 0.845. The van der Waals surface area contributed by atoms with Crippen molar-refractivity contribution >= 4 is 5.91 Å². The van der Waals surface area contributed by atoms with Crippen LogP contribution in [0, 0.1) is 17.1 Å². The Labute approximate surface area is 124 Å². The number of nitrogens with one attached hydrogen (secondary N) is 1. The highest BCUT2D eigenvalue weighted by atomic mass is 19.1. The minimum atomic E-state index is -0.477. The second-order valence-corrected chi connectivity index (χ2v) is 5.26. The summed E-state index contributed by atoms with van der Waals surface area (Å²) in [6, 6.07) is 6.59. The summed E-state index contributed by atoms with van der Waals surface area (Å²) in [6.45, 7) is 2.57. The van der Waals surface area contributed by atoms with Gasteiger partial charge in [-0.2, -0.15) is 5.26 Å². The van der Waals surface area contributed by atoms with Crippen LogP contribution in [0.3, 0.4) is 0 Å². The normalized spacial score (nSPS) is 14.8. The van der Waals surface area contributed by atoms with Gasteiger partial charge in [0, 0.05) is 38.2 Å². The number of benzene rings is 1. The Morgan fingerprint density at radius 1 is 1.33 bits per heavy atom. The molecule has 2 rings (SSSR count). The van der Waals surface area contributed by atoms with Gasteiger partial charge in [-0.15, -0.1) is 0 Å². The van der Waals surface area contributed by atoms with Crippen molar-refractivity contribution in [2.45, 2.75) is 32.2 Å². The number of halogens is 1. The van der Waals surface area contributed by atoms with Crippen molar-refractivity contribution in [3.8, 4) is 6.07 Å². The molecule has 0 aliphatic carbocycles. The number of carbonyl (C=O) groups is 1. The zero-order chi connectivity index (χ0) is 15.1. The van der Waals surface area contributed by atoms with Gasteiger partial charge in [-0.05, 0) is 25.3 Å². The van der Waals surface area contributed by atoms with Crippen LogP contribution in [0.25, 0.3) is 0 Å². The maximum Gasteiger partial charge on any atom is 0.223 e. The molecular weight excluding hydrogens is 269 g/mol. The van der Waals surface area contributed by atoms with Crippen LogP contribution in [-0.2, 0) is 11.3 Å². The average Bonchev–Trinajstić information content (AvgIpc) is 2.53. The van der Waals surface area contributed by atoms with Crippen molar-refractivity contribution in [2.24, 2.45) is 0 Å². The molecule has 1 amide bonds. The summed E-state index contributed by atoms with van der Waals surface area (Å²) in [4.78, 5) is 13.9. The van der Waals surface area contributed by atoms with Crippen LogP contribution in [-0.4, -0.2) is 30.4 Å². The predicted molar refractivity (Wildman–Crippen MR) is 77.9 cm³/mol. The van der Waals surface area contributed by atoms with Crippen molar-refractivity contribution in [2.75, 3.05) is 19.6 Å². The van der Waals surface area contributed by atoms with Crippen molar-refractivity contribution in [1.82, 2.24) is 10.2 Å². The number of nitrogens with zero attached hydrogens (tertiary/aromatic N) is 2. The Hall–Kier alpha value is -1.93. The molecule has 0 atom stereocenters. The minimum absolute atomic E-state index is 0.0543. The molecule has 1 fully saturated rings. The molecule has 1 aliphatic heterocycles. The number of piperidine rings is 1. The van der Waals surface area contributed by atoms with Crippen LogP contribution in [0.4, 0.5) is 4.39 Å². The predicted octanol–water partition coefficient (Wildman–Crippen LogP) is 2.19. The van der Waals surface area contributed by atoms with Gasteiger partial charge >= 0.3 is 0 Å². The van der Waals surface area contributed by atoms with Crippen LogP contribution in [0.1, 0.15) is 36.8 Å². The van der Waals surface area contributed by atoms with Crippen molar-refractivity contribution < 1.29 is 9.18 Å². The third-order valence-corrected chi connectivity index (χ3v) is 3.74. The van der Waals surface area contributed by atoms with Crippen LogP contribution in [0.15, 0.2) is 18.2 Å².